The summed E-state index contributed by atoms with van der Waals surface area (Å²) in [7, 11) is 0. The van der Waals surface area contributed by atoms with Gasteiger partial charge in [0.05, 0.1) is 5.87 Å². The minimum absolute atomic E-state index is 0.0821. The molecule has 1 N–H and O–H groups in total. The summed E-state index contributed by atoms with van der Waals surface area (Å²) >= 11 is 0. The van der Waals surface area contributed by atoms with Crippen LogP contribution in [0.3, 0.4) is 0 Å². The third-order valence-corrected chi connectivity index (χ3v) is 1.28. The summed E-state index contributed by atoms with van der Waals surface area (Å²) in [6, 6.07) is 5.39. The van der Waals surface area contributed by atoms with E-state index in [1.165, 1.54) is 4.68 Å². The first-order valence-electron chi connectivity index (χ1n) is 3.33. The molecule has 4 nitrogen and oxygen atoms in total. The van der Waals surface area contributed by atoms with E-state index in [2.05, 4.69) is 5.10 Å². The van der Waals surface area contributed by atoms with E-state index in [0.29, 0.717) is 0 Å². The summed E-state index contributed by atoms with van der Waals surface area (Å²) in [5, 5.41) is 19.3. The Kier molecular flexibility index (Phi) is 2.32. The molecule has 1 aromatic heterocycles. The van der Waals surface area contributed by atoms with Crippen LogP contribution in [0.15, 0.2) is 18.3 Å². The number of hydrogen-bond donors (Lipinski definition) is 1. The number of aromatic nitrogens is 2. The Morgan fingerprint density at radius 3 is 3.00 bits per heavy atom. The maximum absolute atomic E-state index is 8.54. The van der Waals surface area contributed by atoms with E-state index in [1.54, 1.807) is 12.3 Å². The Hall–Kier alpha value is -1.98. The van der Waals surface area contributed by atoms with Gasteiger partial charge in [-0.3, -0.25) is 5.41 Å². The minimum atomic E-state index is 0.0821. The molecule has 0 amide bonds. The zero-order valence-corrected chi connectivity index (χ0v) is 6.57. The average Bonchev–Trinajstić information content (AvgIpc) is 2.07. The van der Waals surface area contributed by atoms with E-state index in [9.17, 15) is 0 Å². The lowest BCUT2D eigenvalue weighted by Gasteiger charge is -1.86. The van der Waals surface area contributed by atoms with Gasteiger partial charge in [-0.25, -0.2) is 0 Å². The van der Waals surface area contributed by atoms with Crippen LogP contribution in [0.25, 0.3) is 5.70 Å². The van der Waals surface area contributed by atoms with Crippen molar-refractivity contribution >= 4 is 11.6 Å². The van der Waals surface area contributed by atoms with Crippen molar-refractivity contribution in [3.63, 3.8) is 0 Å². The topological polar surface area (TPSA) is 64.4 Å². The van der Waals surface area contributed by atoms with Crippen molar-refractivity contribution in [1.82, 2.24) is 5.10 Å². The highest BCUT2D eigenvalue weighted by Gasteiger charge is 2.09. The third-order valence-electron chi connectivity index (χ3n) is 1.28. The number of nitriles is 1. The smallest absolute Gasteiger partial charge is 0.252 e. The van der Waals surface area contributed by atoms with Crippen molar-refractivity contribution in [1.29, 1.82) is 10.7 Å². The molecular formula is C8H7N4+. The van der Waals surface area contributed by atoms with E-state index in [1.807, 2.05) is 24.9 Å². The zero-order valence-electron chi connectivity index (χ0n) is 6.57. The molecule has 0 saturated heterocycles. The fourth-order valence-corrected chi connectivity index (χ4v) is 0.761. The number of allylic oxidation sites excluding steroid dienone is 1. The number of nitrogens with one attached hydrogen (secondary N) is 1. The maximum Gasteiger partial charge on any atom is 0.376 e. The molecule has 1 heterocycles. The zero-order chi connectivity index (χ0) is 8.97. The van der Waals surface area contributed by atoms with Crippen LogP contribution in [0.5, 0.6) is 0 Å². The Labute approximate surface area is 69.9 Å². The summed E-state index contributed by atoms with van der Waals surface area (Å²) in [6.45, 7) is 1.81. The molecule has 0 aliphatic rings. The molecule has 0 atom stereocenters. The molecule has 0 spiro atoms. The highest BCUT2D eigenvalue weighted by molar-refractivity contribution is 5.80. The number of aryl methyl sites for hydroxylation is 1. The van der Waals surface area contributed by atoms with E-state index in [0.717, 1.165) is 5.69 Å². The summed E-state index contributed by atoms with van der Waals surface area (Å²) < 4.78 is 1.32. The molecule has 58 valence electrons. The average molecular weight is 159 g/mol. The van der Waals surface area contributed by atoms with Gasteiger partial charge in [0.2, 0.25) is 6.20 Å². The van der Waals surface area contributed by atoms with E-state index in [4.69, 9.17) is 10.7 Å². The molecular weight excluding hydrogens is 152 g/mol. The fraction of sp³-hybridized carbons (Fsp3) is 0.125. The first-order valence-corrected chi connectivity index (χ1v) is 3.33. The fourth-order valence-electron chi connectivity index (χ4n) is 0.761. The molecule has 0 aliphatic heterocycles. The third kappa shape index (κ3) is 1.54. The first kappa shape index (κ1) is 8.12. The number of nitrogens with zero attached hydrogens (tertiary/aromatic N) is 3. The highest BCUT2D eigenvalue weighted by Crippen LogP contribution is 1.87. The monoisotopic (exact) mass is 159 g/mol. The predicted octanol–water partition coefficient (Wildman–Crippen LogP) is 0.290. The van der Waals surface area contributed by atoms with Gasteiger partial charge in [0.25, 0.3) is 0 Å². The second kappa shape index (κ2) is 3.42. The van der Waals surface area contributed by atoms with Gasteiger partial charge in [0.15, 0.2) is 6.07 Å². The van der Waals surface area contributed by atoms with Gasteiger partial charge in [-0.15, -0.1) is 0 Å². The maximum atomic E-state index is 8.54. The van der Waals surface area contributed by atoms with E-state index in [-0.39, 0.29) is 5.70 Å². The van der Waals surface area contributed by atoms with Crippen molar-refractivity contribution in [2.24, 2.45) is 0 Å². The van der Waals surface area contributed by atoms with Gasteiger partial charge in [0, 0.05) is 11.2 Å². The van der Waals surface area contributed by atoms with Crippen LogP contribution in [0, 0.1) is 23.7 Å². The van der Waals surface area contributed by atoms with E-state index >= 15 is 0 Å². The highest BCUT2D eigenvalue weighted by atomic mass is 15.3. The molecule has 4 heteroatoms. The largest absolute Gasteiger partial charge is 0.376 e. The lowest BCUT2D eigenvalue weighted by atomic mass is 10.4. The Balaban J connectivity index is 3.22. The van der Waals surface area contributed by atoms with E-state index < -0.39 is 0 Å². The van der Waals surface area contributed by atoms with Gasteiger partial charge in [-0.05, 0) is 17.7 Å². The van der Waals surface area contributed by atoms with Gasteiger partial charge >= 0.3 is 5.70 Å². The molecule has 0 radical (unpaired) electrons. The second-order valence-electron chi connectivity index (χ2n) is 2.18. The summed E-state index contributed by atoms with van der Waals surface area (Å²) in [6.07, 6.45) is 1.60. The first-order chi connectivity index (χ1) is 5.77. The van der Waals surface area contributed by atoms with Gasteiger partial charge < -0.3 is 0 Å². The lowest BCUT2D eigenvalue weighted by molar-refractivity contribution is -0.642. The van der Waals surface area contributed by atoms with Gasteiger partial charge in [0.1, 0.15) is 5.69 Å². The standard InChI is InChI=1S/C8H7N4/c1-7-3-2-4-12(11-7)8(5-9)6-10/h2-4,9H,1H3/q+1. The minimum Gasteiger partial charge on any atom is -0.252 e. The summed E-state index contributed by atoms with van der Waals surface area (Å²) in [4.78, 5) is 0. The summed E-state index contributed by atoms with van der Waals surface area (Å²) in [5.41, 5.74) is 0.874. The SMILES string of the molecule is Cc1ccc[n+](C(=C=N)C#N)n1. The quantitative estimate of drug-likeness (QED) is 0.363. The molecule has 0 aliphatic carbocycles. The molecule has 0 bridgehead atoms. The Morgan fingerprint density at radius 2 is 2.50 bits per heavy atom. The van der Waals surface area contributed by atoms with Crippen LogP contribution in [0.1, 0.15) is 5.69 Å². The second-order valence-corrected chi connectivity index (χ2v) is 2.18. The number of hydrogen-bond acceptors (Lipinski definition) is 3. The van der Waals surface area contributed by atoms with Crippen LogP contribution in [0.4, 0.5) is 0 Å². The molecule has 12 heavy (non-hydrogen) atoms. The van der Waals surface area contributed by atoms with Crippen LogP contribution < -0.4 is 4.68 Å². The van der Waals surface area contributed by atoms with Crippen LogP contribution in [0.2, 0.25) is 0 Å². The molecule has 1 rings (SSSR count). The molecule has 0 unspecified atom stereocenters. The molecule has 0 saturated carbocycles. The normalized spacial score (nSPS) is 8.33. The molecule has 1 aromatic rings. The molecule has 0 fully saturated rings. The van der Waals surface area contributed by atoms with Crippen molar-refractivity contribution in [3.05, 3.63) is 24.0 Å². The van der Waals surface area contributed by atoms with Gasteiger partial charge in [-0.2, -0.15) is 5.26 Å². The van der Waals surface area contributed by atoms with Crippen molar-refractivity contribution in [2.75, 3.05) is 0 Å². The predicted molar refractivity (Wildman–Crippen MR) is 42.2 cm³/mol. The van der Waals surface area contributed by atoms with Gasteiger partial charge in [-0.1, -0.05) is 0 Å². The van der Waals surface area contributed by atoms with Crippen molar-refractivity contribution < 1.29 is 4.68 Å². The molecule has 0 aromatic carbocycles. The van der Waals surface area contributed by atoms with Crippen molar-refractivity contribution in [3.8, 4) is 6.07 Å². The lowest BCUT2D eigenvalue weighted by Crippen LogP contribution is -2.36. The Morgan fingerprint density at radius 1 is 1.75 bits per heavy atom. The van der Waals surface area contributed by atoms with Crippen LogP contribution >= 0.6 is 0 Å². The van der Waals surface area contributed by atoms with Crippen molar-refractivity contribution in [2.45, 2.75) is 6.92 Å². The van der Waals surface area contributed by atoms with Crippen LogP contribution in [-0.4, -0.2) is 11.0 Å². The summed E-state index contributed by atoms with van der Waals surface area (Å²) in [5.74, 6) is 2.00. The Bertz CT molecular complexity index is 382. The number of rotatable bonds is 1. The van der Waals surface area contributed by atoms with Crippen LogP contribution in [-0.2, 0) is 0 Å².